The molecule has 2 aromatic rings. The van der Waals surface area contributed by atoms with Gasteiger partial charge in [0, 0.05) is 11.1 Å². The van der Waals surface area contributed by atoms with Crippen molar-refractivity contribution in [1.29, 1.82) is 0 Å². The van der Waals surface area contributed by atoms with E-state index in [1.165, 1.54) is 17.4 Å². The molecule has 0 saturated carbocycles. The summed E-state index contributed by atoms with van der Waals surface area (Å²) in [4.78, 5) is 0. The molecule has 1 N–H and O–H groups in total. The van der Waals surface area contributed by atoms with Gasteiger partial charge in [-0.25, -0.2) is 4.39 Å². The van der Waals surface area contributed by atoms with Gasteiger partial charge in [0.15, 0.2) is 5.01 Å². The number of rotatable bonds is 3. The fourth-order valence-corrected chi connectivity index (χ4v) is 2.37. The van der Waals surface area contributed by atoms with Crippen LogP contribution in [0.25, 0.3) is 10.6 Å². The molecule has 102 valence electrons. The Morgan fingerprint density at radius 3 is 2.68 bits per heavy atom. The maximum Gasteiger partial charge on any atom is 0.150 e. The van der Waals surface area contributed by atoms with E-state index in [1.807, 2.05) is 6.92 Å². The van der Waals surface area contributed by atoms with Gasteiger partial charge in [0.2, 0.25) is 0 Å². The van der Waals surface area contributed by atoms with Crippen molar-refractivity contribution < 1.29 is 4.39 Å². The lowest BCUT2D eigenvalue weighted by atomic mass is 10.1. The van der Waals surface area contributed by atoms with Crippen LogP contribution in [-0.2, 0) is 6.54 Å². The largest absolute Gasteiger partial charge is 0.306 e. The van der Waals surface area contributed by atoms with E-state index in [-0.39, 0.29) is 11.4 Å². The van der Waals surface area contributed by atoms with E-state index >= 15 is 0 Å². The number of benzene rings is 1. The van der Waals surface area contributed by atoms with Crippen LogP contribution in [0.3, 0.4) is 0 Å². The zero-order chi connectivity index (χ0) is 14.0. The van der Waals surface area contributed by atoms with E-state index in [9.17, 15) is 4.39 Å². The highest BCUT2D eigenvalue weighted by Crippen LogP contribution is 2.27. The maximum absolute atomic E-state index is 13.8. The van der Waals surface area contributed by atoms with Crippen molar-refractivity contribution in [2.45, 2.75) is 39.8 Å². The summed E-state index contributed by atoms with van der Waals surface area (Å²) in [5, 5.41) is 13.0. The third kappa shape index (κ3) is 3.81. The normalized spacial score (nSPS) is 11.8. The first-order valence-electron chi connectivity index (χ1n) is 6.19. The molecule has 1 aromatic carbocycles. The van der Waals surface area contributed by atoms with Crippen LogP contribution in [0.2, 0.25) is 0 Å². The molecule has 5 heteroatoms. The highest BCUT2D eigenvalue weighted by molar-refractivity contribution is 7.14. The van der Waals surface area contributed by atoms with Gasteiger partial charge >= 0.3 is 0 Å². The summed E-state index contributed by atoms with van der Waals surface area (Å²) in [7, 11) is 0. The molecule has 0 aliphatic carbocycles. The van der Waals surface area contributed by atoms with Gasteiger partial charge < -0.3 is 5.32 Å². The Labute approximate surface area is 116 Å². The van der Waals surface area contributed by atoms with Crippen LogP contribution in [0.4, 0.5) is 4.39 Å². The van der Waals surface area contributed by atoms with Crippen molar-refractivity contribution in [3.63, 3.8) is 0 Å². The molecule has 1 aromatic heterocycles. The summed E-state index contributed by atoms with van der Waals surface area (Å²) < 4.78 is 13.8. The first-order chi connectivity index (χ1) is 8.85. The molecule has 19 heavy (non-hydrogen) atoms. The topological polar surface area (TPSA) is 37.8 Å². The highest BCUT2D eigenvalue weighted by atomic mass is 32.1. The molecule has 1 heterocycles. The summed E-state index contributed by atoms with van der Waals surface area (Å²) in [5.41, 5.74) is 1.57. The lowest BCUT2D eigenvalue weighted by Gasteiger charge is -2.19. The van der Waals surface area contributed by atoms with Gasteiger partial charge in [-0.2, -0.15) is 0 Å². The number of hydrogen-bond acceptors (Lipinski definition) is 4. The SMILES string of the molecule is Cc1ccc(F)c(-c2nnc(CNC(C)(C)C)s2)c1. The monoisotopic (exact) mass is 279 g/mol. The summed E-state index contributed by atoms with van der Waals surface area (Å²) in [5.74, 6) is -0.253. The zero-order valence-corrected chi connectivity index (χ0v) is 12.4. The minimum absolute atomic E-state index is 0.0282. The minimum Gasteiger partial charge on any atom is -0.306 e. The Morgan fingerprint density at radius 1 is 1.26 bits per heavy atom. The Bertz CT molecular complexity index is 572. The van der Waals surface area contributed by atoms with Crippen LogP contribution in [0, 0.1) is 12.7 Å². The lowest BCUT2D eigenvalue weighted by Crippen LogP contribution is -2.35. The number of hydrogen-bond donors (Lipinski definition) is 1. The number of halogens is 1. The number of nitrogens with one attached hydrogen (secondary N) is 1. The average Bonchev–Trinajstić information content (AvgIpc) is 2.77. The van der Waals surface area contributed by atoms with Gasteiger partial charge in [-0.15, -0.1) is 10.2 Å². The molecule has 0 unspecified atom stereocenters. The molecule has 3 nitrogen and oxygen atoms in total. The summed E-state index contributed by atoms with van der Waals surface area (Å²) in [6, 6.07) is 5.03. The standard InChI is InChI=1S/C14H18FN3S/c1-9-5-6-11(15)10(7-9)13-18-17-12(19-13)8-16-14(2,3)4/h5-7,16H,8H2,1-4H3. The third-order valence-electron chi connectivity index (χ3n) is 2.59. The van der Waals surface area contributed by atoms with Gasteiger partial charge in [-0.3, -0.25) is 0 Å². The van der Waals surface area contributed by atoms with Crippen LogP contribution in [0.1, 0.15) is 31.3 Å². The summed E-state index contributed by atoms with van der Waals surface area (Å²) in [6.45, 7) is 8.86. The van der Waals surface area contributed by atoms with E-state index in [0.717, 1.165) is 10.6 Å². The Morgan fingerprint density at radius 2 is 2.00 bits per heavy atom. The molecule has 0 spiro atoms. The molecule has 0 bridgehead atoms. The van der Waals surface area contributed by atoms with Crippen molar-refractivity contribution >= 4 is 11.3 Å². The van der Waals surface area contributed by atoms with Gasteiger partial charge in [-0.05, 0) is 39.8 Å². The van der Waals surface area contributed by atoms with Crippen LogP contribution >= 0.6 is 11.3 Å². The molecule has 2 rings (SSSR count). The second-order valence-corrected chi connectivity index (χ2v) is 6.65. The maximum atomic E-state index is 13.8. The highest BCUT2D eigenvalue weighted by Gasteiger charge is 2.14. The Kier molecular flexibility index (Phi) is 3.96. The molecular weight excluding hydrogens is 261 g/mol. The second kappa shape index (κ2) is 5.35. The number of aromatic nitrogens is 2. The number of aryl methyl sites for hydroxylation is 1. The first kappa shape index (κ1) is 14.1. The van der Waals surface area contributed by atoms with E-state index < -0.39 is 0 Å². The van der Waals surface area contributed by atoms with Crippen molar-refractivity contribution in [2.75, 3.05) is 0 Å². The van der Waals surface area contributed by atoms with E-state index in [1.54, 1.807) is 12.1 Å². The predicted octanol–water partition coefficient (Wildman–Crippen LogP) is 3.54. The average molecular weight is 279 g/mol. The first-order valence-corrected chi connectivity index (χ1v) is 7.01. The predicted molar refractivity (Wildman–Crippen MR) is 76.6 cm³/mol. The quantitative estimate of drug-likeness (QED) is 0.934. The fraction of sp³-hybridized carbons (Fsp3) is 0.429. The lowest BCUT2D eigenvalue weighted by molar-refractivity contribution is 0.423. The van der Waals surface area contributed by atoms with Crippen molar-refractivity contribution in [3.05, 3.63) is 34.6 Å². The summed E-state index contributed by atoms with van der Waals surface area (Å²) >= 11 is 1.42. The molecule has 0 fully saturated rings. The molecule has 0 aliphatic heterocycles. The minimum atomic E-state index is -0.253. The van der Waals surface area contributed by atoms with Crippen molar-refractivity contribution in [3.8, 4) is 10.6 Å². The van der Waals surface area contributed by atoms with E-state index in [0.29, 0.717) is 17.1 Å². The van der Waals surface area contributed by atoms with Crippen molar-refractivity contribution in [2.24, 2.45) is 0 Å². The Hall–Kier alpha value is -1.33. The molecule has 0 saturated heterocycles. The van der Waals surface area contributed by atoms with E-state index in [2.05, 4.69) is 36.3 Å². The van der Waals surface area contributed by atoms with Gasteiger partial charge in [0.05, 0.1) is 6.54 Å². The number of nitrogens with zero attached hydrogens (tertiary/aromatic N) is 2. The van der Waals surface area contributed by atoms with Crippen LogP contribution in [-0.4, -0.2) is 15.7 Å². The van der Waals surface area contributed by atoms with Crippen LogP contribution in [0.15, 0.2) is 18.2 Å². The van der Waals surface area contributed by atoms with E-state index in [4.69, 9.17) is 0 Å². The van der Waals surface area contributed by atoms with Crippen LogP contribution < -0.4 is 5.32 Å². The zero-order valence-electron chi connectivity index (χ0n) is 11.6. The van der Waals surface area contributed by atoms with Gasteiger partial charge in [0.1, 0.15) is 10.8 Å². The molecule has 0 amide bonds. The molecule has 0 atom stereocenters. The van der Waals surface area contributed by atoms with Gasteiger partial charge in [0.25, 0.3) is 0 Å². The van der Waals surface area contributed by atoms with Crippen LogP contribution in [0.5, 0.6) is 0 Å². The third-order valence-corrected chi connectivity index (χ3v) is 3.55. The Balaban J connectivity index is 2.19. The molecular formula is C14H18FN3S. The summed E-state index contributed by atoms with van der Waals surface area (Å²) in [6.07, 6.45) is 0. The molecule has 0 radical (unpaired) electrons. The molecule has 0 aliphatic rings. The smallest absolute Gasteiger partial charge is 0.150 e. The van der Waals surface area contributed by atoms with Gasteiger partial charge in [-0.1, -0.05) is 23.0 Å². The fourth-order valence-electron chi connectivity index (χ4n) is 1.58. The second-order valence-electron chi connectivity index (χ2n) is 5.59. The van der Waals surface area contributed by atoms with Crippen molar-refractivity contribution in [1.82, 2.24) is 15.5 Å².